The molecule has 6 nitrogen and oxygen atoms in total. The number of nitrogens with zero attached hydrogens (tertiary/aromatic N) is 3. The monoisotopic (exact) mass is 423 g/mol. The molecule has 0 radical (unpaired) electrons. The van der Waals surface area contributed by atoms with Crippen LogP contribution in [-0.4, -0.2) is 48.2 Å². The van der Waals surface area contributed by atoms with Crippen molar-refractivity contribution in [2.45, 2.75) is 57.3 Å². The number of para-hydroxylation sites is 1. The quantitative estimate of drug-likeness (QED) is 0.731. The van der Waals surface area contributed by atoms with Gasteiger partial charge in [0.25, 0.3) is 0 Å². The Balaban J connectivity index is 1.57. The zero-order chi connectivity index (χ0) is 21.9. The van der Waals surface area contributed by atoms with Gasteiger partial charge >= 0.3 is 6.18 Å². The minimum Gasteiger partial charge on any atom is -0.362 e. The Kier molecular flexibility index (Phi) is 6.67. The maximum Gasteiger partial charge on any atom is 0.389 e. The summed E-state index contributed by atoms with van der Waals surface area (Å²) in [6, 6.07) is 7.89. The van der Waals surface area contributed by atoms with Crippen LogP contribution >= 0.6 is 0 Å². The molecule has 0 bridgehead atoms. The van der Waals surface area contributed by atoms with Crippen LogP contribution in [0.5, 0.6) is 0 Å². The van der Waals surface area contributed by atoms with Crippen LogP contribution in [0.4, 0.5) is 24.9 Å². The number of fused-ring (bicyclic) bond motifs is 1. The zero-order valence-electron chi connectivity index (χ0n) is 17.5. The number of hydrogen-bond acceptors (Lipinski definition) is 5. The lowest BCUT2D eigenvalue weighted by Gasteiger charge is -2.30. The number of carbonyl (C=O) groups excluding carboxylic acids is 1. The van der Waals surface area contributed by atoms with E-state index in [2.05, 4.69) is 20.6 Å². The largest absolute Gasteiger partial charge is 0.389 e. The van der Waals surface area contributed by atoms with Gasteiger partial charge in [-0.3, -0.25) is 4.79 Å². The van der Waals surface area contributed by atoms with Crippen molar-refractivity contribution < 1.29 is 18.0 Å². The molecule has 1 saturated carbocycles. The molecule has 1 atom stereocenters. The molecule has 1 unspecified atom stereocenters. The predicted octanol–water partition coefficient (Wildman–Crippen LogP) is 4.12. The highest BCUT2D eigenvalue weighted by atomic mass is 19.4. The first kappa shape index (κ1) is 22.1. The highest BCUT2D eigenvalue weighted by Gasteiger charge is 2.34. The van der Waals surface area contributed by atoms with Gasteiger partial charge in [0.2, 0.25) is 11.9 Å². The lowest BCUT2D eigenvalue weighted by Crippen LogP contribution is -2.43. The molecule has 164 valence electrons. The maximum atomic E-state index is 12.5. The van der Waals surface area contributed by atoms with Crippen LogP contribution in [0.25, 0.3) is 10.9 Å². The summed E-state index contributed by atoms with van der Waals surface area (Å²) in [5, 5.41) is 7.13. The molecule has 30 heavy (non-hydrogen) atoms. The van der Waals surface area contributed by atoms with E-state index in [0.717, 1.165) is 29.6 Å². The molecule has 1 aliphatic carbocycles. The molecular formula is C21H28F3N5O. The second-order valence-electron chi connectivity index (χ2n) is 8.20. The van der Waals surface area contributed by atoms with Crippen LogP contribution < -0.4 is 15.5 Å². The van der Waals surface area contributed by atoms with Crippen molar-refractivity contribution >= 4 is 28.6 Å². The normalized spacial score (nSPS) is 20.6. The van der Waals surface area contributed by atoms with Gasteiger partial charge in [-0.05, 0) is 37.8 Å². The summed E-state index contributed by atoms with van der Waals surface area (Å²) in [5.74, 6) is -0.208. The predicted molar refractivity (Wildman–Crippen MR) is 112 cm³/mol. The highest BCUT2D eigenvalue weighted by molar-refractivity contribution is 5.90. The summed E-state index contributed by atoms with van der Waals surface area (Å²) in [5.41, 5.74) is 0.860. The Morgan fingerprint density at radius 3 is 2.40 bits per heavy atom. The summed E-state index contributed by atoms with van der Waals surface area (Å²) < 4.78 is 37.4. The van der Waals surface area contributed by atoms with Gasteiger partial charge < -0.3 is 15.5 Å². The van der Waals surface area contributed by atoms with E-state index in [-0.39, 0.29) is 12.1 Å². The van der Waals surface area contributed by atoms with E-state index in [1.807, 2.05) is 43.3 Å². The fourth-order valence-corrected chi connectivity index (χ4v) is 3.81. The average molecular weight is 423 g/mol. The van der Waals surface area contributed by atoms with Gasteiger partial charge in [0.1, 0.15) is 5.82 Å². The number of halogens is 3. The second kappa shape index (κ2) is 9.06. The van der Waals surface area contributed by atoms with Crippen molar-refractivity contribution in [1.82, 2.24) is 15.3 Å². The van der Waals surface area contributed by atoms with Crippen LogP contribution in [0.15, 0.2) is 24.3 Å². The fraction of sp³-hybridized carbons (Fsp3) is 0.571. The van der Waals surface area contributed by atoms with Crippen LogP contribution in [-0.2, 0) is 4.79 Å². The molecule has 1 fully saturated rings. The molecule has 2 aromatic rings. The lowest BCUT2D eigenvalue weighted by molar-refractivity contribution is -0.153. The Bertz CT molecular complexity index is 879. The first-order valence-electron chi connectivity index (χ1n) is 10.2. The van der Waals surface area contributed by atoms with Crippen molar-refractivity contribution in [3.63, 3.8) is 0 Å². The number of carbonyl (C=O) groups is 1. The Morgan fingerprint density at radius 2 is 1.77 bits per heavy atom. The molecule has 1 aromatic heterocycles. The molecule has 1 amide bonds. The number of aromatic nitrogens is 2. The van der Waals surface area contributed by atoms with Crippen LogP contribution in [0.1, 0.15) is 39.0 Å². The molecule has 1 heterocycles. The standard InChI is InChI=1S/C21H28F3N5O/c1-13(12-21(22,23)24)19(30)25-14-8-10-15(11-9-14)26-20-27-17-7-5-4-6-16(17)18(28-20)29(2)3/h4-7,13-15H,8-12H2,1-3H3,(H,25,30)(H,26,27,28). The van der Waals surface area contributed by atoms with Gasteiger partial charge in [0.15, 0.2) is 0 Å². The third kappa shape index (κ3) is 5.73. The van der Waals surface area contributed by atoms with E-state index in [4.69, 9.17) is 0 Å². The molecule has 0 saturated heterocycles. The number of nitrogens with one attached hydrogen (secondary N) is 2. The Hall–Kier alpha value is -2.58. The fourth-order valence-electron chi connectivity index (χ4n) is 3.81. The van der Waals surface area contributed by atoms with Crippen molar-refractivity contribution in [2.24, 2.45) is 5.92 Å². The molecule has 0 spiro atoms. The molecule has 1 aromatic carbocycles. The summed E-state index contributed by atoms with van der Waals surface area (Å²) in [4.78, 5) is 23.2. The van der Waals surface area contributed by atoms with Gasteiger partial charge in [-0.1, -0.05) is 19.1 Å². The smallest absolute Gasteiger partial charge is 0.362 e. The minimum atomic E-state index is -4.33. The van der Waals surface area contributed by atoms with E-state index in [1.54, 1.807) is 0 Å². The number of benzene rings is 1. The summed E-state index contributed by atoms with van der Waals surface area (Å²) >= 11 is 0. The van der Waals surface area contributed by atoms with Gasteiger partial charge in [-0.15, -0.1) is 0 Å². The Labute approximate surface area is 174 Å². The van der Waals surface area contributed by atoms with Crippen molar-refractivity contribution in [3.05, 3.63) is 24.3 Å². The summed E-state index contributed by atoms with van der Waals surface area (Å²) in [6.07, 6.45) is -2.45. The summed E-state index contributed by atoms with van der Waals surface area (Å²) in [7, 11) is 3.87. The van der Waals surface area contributed by atoms with Crippen LogP contribution in [0, 0.1) is 5.92 Å². The lowest BCUT2D eigenvalue weighted by atomic mass is 9.90. The topological polar surface area (TPSA) is 70.2 Å². The minimum absolute atomic E-state index is 0.0962. The van der Waals surface area contributed by atoms with Crippen LogP contribution in [0.2, 0.25) is 0 Å². The van der Waals surface area contributed by atoms with Crippen molar-refractivity contribution in [1.29, 1.82) is 0 Å². The molecular weight excluding hydrogens is 395 g/mol. The van der Waals surface area contributed by atoms with E-state index < -0.39 is 24.4 Å². The van der Waals surface area contributed by atoms with E-state index in [0.29, 0.717) is 18.8 Å². The van der Waals surface area contributed by atoms with E-state index in [9.17, 15) is 18.0 Å². The zero-order valence-corrected chi connectivity index (χ0v) is 17.5. The van der Waals surface area contributed by atoms with Crippen molar-refractivity contribution in [2.75, 3.05) is 24.3 Å². The first-order chi connectivity index (χ1) is 14.1. The summed E-state index contributed by atoms with van der Waals surface area (Å²) in [6.45, 7) is 1.31. The molecule has 9 heteroatoms. The second-order valence-corrected chi connectivity index (χ2v) is 8.20. The molecule has 0 aliphatic heterocycles. The molecule has 3 rings (SSSR count). The van der Waals surface area contributed by atoms with Crippen LogP contribution in [0.3, 0.4) is 0 Å². The first-order valence-corrected chi connectivity index (χ1v) is 10.2. The van der Waals surface area contributed by atoms with Gasteiger partial charge in [-0.2, -0.15) is 18.2 Å². The highest BCUT2D eigenvalue weighted by Crippen LogP contribution is 2.27. The van der Waals surface area contributed by atoms with E-state index >= 15 is 0 Å². The van der Waals surface area contributed by atoms with Gasteiger partial charge in [-0.25, -0.2) is 4.98 Å². The maximum absolute atomic E-state index is 12.5. The number of alkyl halides is 3. The third-order valence-electron chi connectivity index (χ3n) is 5.40. The molecule has 1 aliphatic rings. The van der Waals surface area contributed by atoms with Crippen molar-refractivity contribution in [3.8, 4) is 0 Å². The number of anilines is 2. The number of rotatable bonds is 6. The van der Waals surface area contributed by atoms with Gasteiger partial charge in [0, 0.05) is 37.5 Å². The number of hydrogen-bond donors (Lipinski definition) is 2. The average Bonchev–Trinajstić information content (AvgIpc) is 2.67. The third-order valence-corrected chi connectivity index (χ3v) is 5.40. The molecule has 2 N–H and O–H groups in total. The number of amides is 1. The van der Waals surface area contributed by atoms with E-state index in [1.165, 1.54) is 6.92 Å². The SMILES string of the molecule is CC(CC(F)(F)F)C(=O)NC1CCC(Nc2nc(N(C)C)c3ccccc3n2)CC1. The van der Waals surface area contributed by atoms with Gasteiger partial charge in [0.05, 0.1) is 11.9 Å². The Morgan fingerprint density at radius 1 is 1.13 bits per heavy atom.